The molecule has 2 aromatic rings. The van der Waals surface area contributed by atoms with Crippen LogP contribution in [0, 0.1) is 10.1 Å². The zero-order valence-electron chi connectivity index (χ0n) is 13.7. The number of nitro groups is 1. The quantitative estimate of drug-likeness (QED) is 0.554. The van der Waals surface area contributed by atoms with Gasteiger partial charge in [0.1, 0.15) is 5.75 Å². The highest BCUT2D eigenvalue weighted by molar-refractivity contribution is 7.93. The third kappa shape index (κ3) is 4.80. The molecule has 0 unspecified atom stereocenters. The van der Waals surface area contributed by atoms with E-state index in [4.69, 9.17) is 9.47 Å². The van der Waals surface area contributed by atoms with Crippen LogP contribution in [0.25, 0.3) is 6.08 Å². The van der Waals surface area contributed by atoms with E-state index < -0.39 is 14.8 Å². The van der Waals surface area contributed by atoms with Crippen LogP contribution in [-0.4, -0.2) is 27.6 Å². The van der Waals surface area contributed by atoms with Crippen molar-refractivity contribution in [3.63, 3.8) is 0 Å². The summed E-state index contributed by atoms with van der Waals surface area (Å²) in [6, 6.07) is 11.1. The van der Waals surface area contributed by atoms with E-state index in [1.165, 1.54) is 32.4 Å². The van der Waals surface area contributed by atoms with E-state index >= 15 is 0 Å². The fourth-order valence-electron chi connectivity index (χ4n) is 2.21. The van der Waals surface area contributed by atoms with Crippen LogP contribution in [0.15, 0.2) is 47.9 Å². The van der Waals surface area contributed by atoms with Gasteiger partial charge >= 0.3 is 5.69 Å². The second-order valence-corrected chi connectivity index (χ2v) is 7.00. The van der Waals surface area contributed by atoms with Crippen molar-refractivity contribution in [2.45, 2.75) is 5.75 Å². The van der Waals surface area contributed by atoms with E-state index in [2.05, 4.69) is 0 Å². The Balaban J connectivity index is 2.26. The van der Waals surface area contributed by atoms with Gasteiger partial charge in [-0.15, -0.1) is 0 Å². The van der Waals surface area contributed by atoms with Gasteiger partial charge in [-0.2, -0.15) is 0 Å². The molecule has 8 heteroatoms. The van der Waals surface area contributed by atoms with Crippen molar-refractivity contribution in [2.75, 3.05) is 14.2 Å². The SMILES string of the molecule is COc1ccc(CS(=O)(=O)/C=C/c2cccc(OC)c2[N+](=O)[O-])cc1. The molecule has 0 amide bonds. The summed E-state index contributed by atoms with van der Waals surface area (Å²) < 4.78 is 34.5. The number of hydrogen-bond donors (Lipinski definition) is 0. The van der Waals surface area contributed by atoms with Gasteiger partial charge in [0, 0.05) is 5.41 Å². The predicted octanol–water partition coefficient (Wildman–Crippen LogP) is 3.20. The number of methoxy groups -OCH3 is 2. The summed E-state index contributed by atoms with van der Waals surface area (Å²) in [5.74, 6) is 0.481. The van der Waals surface area contributed by atoms with Gasteiger partial charge in [0.2, 0.25) is 0 Å². The zero-order valence-corrected chi connectivity index (χ0v) is 14.5. The molecule has 2 rings (SSSR count). The van der Waals surface area contributed by atoms with Gasteiger partial charge in [-0.25, -0.2) is 8.42 Å². The standard InChI is InChI=1S/C17H17NO6S/c1-23-15-8-6-13(7-9-15)12-25(21,22)11-10-14-4-3-5-16(24-2)17(14)18(19)20/h3-11H,12H2,1-2H3/b11-10+. The highest BCUT2D eigenvalue weighted by Gasteiger charge is 2.19. The van der Waals surface area contributed by atoms with E-state index in [-0.39, 0.29) is 22.8 Å². The third-order valence-corrected chi connectivity index (χ3v) is 4.70. The van der Waals surface area contributed by atoms with Gasteiger partial charge in [-0.05, 0) is 35.9 Å². The maximum atomic E-state index is 12.2. The average molecular weight is 363 g/mol. The van der Waals surface area contributed by atoms with Crippen LogP contribution in [-0.2, 0) is 15.6 Å². The smallest absolute Gasteiger partial charge is 0.318 e. The molecule has 0 saturated heterocycles. The second kappa shape index (κ2) is 7.80. The summed E-state index contributed by atoms with van der Waals surface area (Å²) in [5, 5.41) is 12.2. The van der Waals surface area contributed by atoms with E-state index in [9.17, 15) is 18.5 Å². The van der Waals surface area contributed by atoms with Crippen LogP contribution < -0.4 is 9.47 Å². The van der Waals surface area contributed by atoms with Crippen molar-refractivity contribution in [2.24, 2.45) is 0 Å². The number of sulfone groups is 1. The Labute approximate surface area is 145 Å². The van der Waals surface area contributed by atoms with Crippen LogP contribution in [0.2, 0.25) is 0 Å². The molecule has 0 radical (unpaired) electrons. The average Bonchev–Trinajstić information content (AvgIpc) is 2.59. The minimum absolute atomic E-state index is 0.0692. The first-order valence-corrected chi connectivity index (χ1v) is 8.93. The molecule has 0 aliphatic rings. The van der Waals surface area contributed by atoms with Crippen molar-refractivity contribution in [3.05, 3.63) is 69.1 Å². The van der Waals surface area contributed by atoms with E-state index in [0.717, 1.165) is 5.41 Å². The van der Waals surface area contributed by atoms with Crippen LogP contribution in [0.3, 0.4) is 0 Å². The molecule has 2 aromatic carbocycles. The lowest BCUT2D eigenvalue weighted by atomic mass is 10.1. The lowest BCUT2D eigenvalue weighted by Crippen LogP contribution is -2.00. The summed E-state index contributed by atoms with van der Waals surface area (Å²) in [5.41, 5.74) is 0.467. The fraction of sp³-hybridized carbons (Fsp3) is 0.176. The number of benzene rings is 2. The Kier molecular flexibility index (Phi) is 5.76. The zero-order chi connectivity index (χ0) is 18.4. The normalized spacial score (nSPS) is 11.4. The minimum Gasteiger partial charge on any atom is -0.497 e. The number of ether oxygens (including phenoxy) is 2. The Morgan fingerprint density at radius 1 is 1.08 bits per heavy atom. The summed E-state index contributed by atoms with van der Waals surface area (Å²) in [4.78, 5) is 10.6. The first-order valence-electron chi connectivity index (χ1n) is 7.21. The van der Waals surface area contributed by atoms with Crippen LogP contribution in [0.5, 0.6) is 11.5 Å². The Bertz CT molecular complexity index is 888. The number of nitro benzene ring substituents is 1. The molecule has 0 saturated carbocycles. The molecule has 7 nitrogen and oxygen atoms in total. The molecule has 0 aromatic heterocycles. The molecule has 0 fully saturated rings. The van der Waals surface area contributed by atoms with E-state index in [1.807, 2.05) is 0 Å². The molecule has 0 aliphatic carbocycles. The molecule has 0 aliphatic heterocycles. The van der Waals surface area contributed by atoms with Crippen molar-refractivity contribution in [1.82, 2.24) is 0 Å². The molecule has 0 heterocycles. The lowest BCUT2D eigenvalue weighted by molar-refractivity contribution is -0.386. The molecular weight excluding hydrogens is 346 g/mol. The Morgan fingerprint density at radius 2 is 1.76 bits per heavy atom. The Hall–Kier alpha value is -2.87. The number of para-hydroxylation sites is 1. The molecule has 25 heavy (non-hydrogen) atoms. The van der Waals surface area contributed by atoms with Crippen LogP contribution in [0.1, 0.15) is 11.1 Å². The first-order chi connectivity index (χ1) is 11.9. The highest BCUT2D eigenvalue weighted by Crippen LogP contribution is 2.31. The van der Waals surface area contributed by atoms with Crippen molar-refractivity contribution >= 4 is 21.6 Å². The van der Waals surface area contributed by atoms with Crippen LogP contribution >= 0.6 is 0 Å². The van der Waals surface area contributed by atoms with Gasteiger partial charge < -0.3 is 9.47 Å². The lowest BCUT2D eigenvalue weighted by Gasteiger charge is -2.04. The van der Waals surface area contributed by atoms with E-state index in [0.29, 0.717) is 11.3 Å². The second-order valence-electron chi connectivity index (χ2n) is 5.11. The monoisotopic (exact) mass is 363 g/mol. The summed E-state index contributed by atoms with van der Waals surface area (Å²) in [6.45, 7) is 0. The summed E-state index contributed by atoms with van der Waals surface area (Å²) in [6.07, 6.45) is 1.21. The van der Waals surface area contributed by atoms with Gasteiger partial charge in [0.25, 0.3) is 0 Å². The minimum atomic E-state index is -3.60. The van der Waals surface area contributed by atoms with Crippen molar-refractivity contribution in [1.29, 1.82) is 0 Å². The molecule has 0 N–H and O–H groups in total. The van der Waals surface area contributed by atoms with Crippen molar-refractivity contribution in [3.8, 4) is 11.5 Å². The maximum Gasteiger partial charge on any atom is 0.318 e. The fourth-order valence-corrected chi connectivity index (χ4v) is 3.32. The number of hydrogen-bond acceptors (Lipinski definition) is 6. The predicted molar refractivity (Wildman–Crippen MR) is 94.3 cm³/mol. The summed E-state index contributed by atoms with van der Waals surface area (Å²) >= 11 is 0. The van der Waals surface area contributed by atoms with E-state index in [1.54, 1.807) is 30.3 Å². The number of rotatable bonds is 7. The van der Waals surface area contributed by atoms with Crippen molar-refractivity contribution < 1.29 is 22.8 Å². The first kappa shape index (κ1) is 18.5. The van der Waals surface area contributed by atoms with Gasteiger partial charge in [-0.1, -0.05) is 18.2 Å². The molecule has 0 bridgehead atoms. The molecule has 0 spiro atoms. The highest BCUT2D eigenvalue weighted by atomic mass is 32.2. The van der Waals surface area contributed by atoms with Gasteiger partial charge in [-0.3, -0.25) is 10.1 Å². The molecule has 0 atom stereocenters. The molecule has 132 valence electrons. The van der Waals surface area contributed by atoms with Crippen LogP contribution in [0.4, 0.5) is 5.69 Å². The van der Waals surface area contributed by atoms with Gasteiger partial charge in [0.15, 0.2) is 15.6 Å². The number of nitrogens with zero attached hydrogens (tertiary/aromatic N) is 1. The third-order valence-electron chi connectivity index (χ3n) is 3.41. The largest absolute Gasteiger partial charge is 0.497 e. The maximum absolute atomic E-state index is 12.2. The topological polar surface area (TPSA) is 95.7 Å². The summed E-state index contributed by atoms with van der Waals surface area (Å²) in [7, 11) is -0.760. The molecular formula is C17H17NO6S. The Morgan fingerprint density at radius 3 is 2.32 bits per heavy atom. The van der Waals surface area contributed by atoms with Gasteiger partial charge in [0.05, 0.1) is 30.5 Å².